The van der Waals surface area contributed by atoms with Gasteiger partial charge in [-0.1, -0.05) is 18.3 Å². The summed E-state index contributed by atoms with van der Waals surface area (Å²) in [4.78, 5) is 4.35. The van der Waals surface area contributed by atoms with Crippen molar-refractivity contribution in [1.82, 2.24) is 4.98 Å². The number of hydrogen-bond donors (Lipinski definition) is 1. The predicted molar refractivity (Wildman–Crippen MR) is 57.6 cm³/mol. The van der Waals surface area contributed by atoms with Gasteiger partial charge in [-0.15, -0.1) is 0 Å². The maximum atomic E-state index is 12.9. The molecule has 0 fully saturated rings. The Morgan fingerprint density at radius 1 is 1.29 bits per heavy atom. The fraction of sp³-hybridized carbons (Fsp3) is 0. The molecule has 0 bridgehead atoms. The number of pyridine rings is 1. The van der Waals surface area contributed by atoms with E-state index in [4.69, 9.17) is 18.0 Å². The molecule has 0 aliphatic rings. The molecule has 2 aromatic rings. The van der Waals surface area contributed by atoms with Gasteiger partial charge in [0, 0.05) is 11.5 Å². The standard InChI is InChI=1S/C10H7FN2S/c11-7-3-1-6-2-4-8(10(12)14)13-9(6)5-7/h1-5H,(H2,12,14). The molecule has 0 spiro atoms. The minimum absolute atomic E-state index is 0.219. The number of hydrogen-bond acceptors (Lipinski definition) is 2. The molecule has 0 aliphatic carbocycles. The second-order valence-corrected chi connectivity index (χ2v) is 3.34. The summed E-state index contributed by atoms with van der Waals surface area (Å²) in [5, 5.41) is 0.867. The normalized spacial score (nSPS) is 10.4. The van der Waals surface area contributed by atoms with Crippen molar-refractivity contribution in [3.05, 3.63) is 41.8 Å². The van der Waals surface area contributed by atoms with Crippen LogP contribution in [0.1, 0.15) is 5.69 Å². The Morgan fingerprint density at radius 2 is 2.00 bits per heavy atom. The molecule has 0 saturated carbocycles. The molecule has 2 rings (SSSR count). The highest BCUT2D eigenvalue weighted by Crippen LogP contribution is 2.13. The number of halogens is 1. The fourth-order valence-corrected chi connectivity index (χ4v) is 1.34. The van der Waals surface area contributed by atoms with Gasteiger partial charge >= 0.3 is 0 Å². The number of fused-ring (bicyclic) bond motifs is 1. The first kappa shape index (κ1) is 9.02. The van der Waals surface area contributed by atoms with Crippen LogP contribution in [0.2, 0.25) is 0 Å². The first-order valence-electron chi connectivity index (χ1n) is 4.03. The summed E-state index contributed by atoms with van der Waals surface area (Å²) >= 11 is 4.78. The lowest BCUT2D eigenvalue weighted by molar-refractivity contribution is 0.629. The van der Waals surface area contributed by atoms with Gasteiger partial charge in [-0.3, -0.25) is 0 Å². The van der Waals surface area contributed by atoms with Crippen LogP contribution in [0.5, 0.6) is 0 Å². The zero-order chi connectivity index (χ0) is 10.1. The lowest BCUT2D eigenvalue weighted by Crippen LogP contribution is -2.11. The molecule has 0 aliphatic heterocycles. The number of aromatic nitrogens is 1. The summed E-state index contributed by atoms with van der Waals surface area (Å²) in [5.74, 6) is -0.315. The van der Waals surface area contributed by atoms with Gasteiger partial charge in [0.15, 0.2) is 0 Å². The largest absolute Gasteiger partial charge is 0.388 e. The molecule has 0 saturated heterocycles. The van der Waals surface area contributed by atoms with Crippen molar-refractivity contribution in [2.75, 3.05) is 0 Å². The van der Waals surface area contributed by atoms with Gasteiger partial charge < -0.3 is 5.73 Å². The molecule has 70 valence electrons. The van der Waals surface area contributed by atoms with Crippen LogP contribution in [-0.2, 0) is 0 Å². The number of benzene rings is 1. The molecule has 0 atom stereocenters. The molecule has 0 unspecified atom stereocenters. The summed E-state index contributed by atoms with van der Waals surface area (Å²) in [6.45, 7) is 0. The van der Waals surface area contributed by atoms with Gasteiger partial charge in [0.1, 0.15) is 10.8 Å². The van der Waals surface area contributed by atoms with E-state index in [1.807, 2.05) is 6.07 Å². The van der Waals surface area contributed by atoms with Crippen molar-refractivity contribution in [2.45, 2.75) is 0 Å². The second kappa shape index (κ2) is 3.31. The minimum Gasteiger partial charge on any atom is -0.388 e. The van der Waals surface area contributed by atoms with Crippen LogP contribution in [0.25, 0.3) is 10.9 Å². The third kappa shape index (κ3) is 1.56. The van der Waals surface area contributed by atoms with E-state index in [0.29, 0.717) is 11.2 Å². The average Bonchev–Trinajstić information content (AvgIpc) is 2.16. The maximum absolute atomic E-state index is 12.9. The second-order valence-electron chi connectivity index (χ2n) is 2.90. The average molecular weight is 206 g/mol. The number of nitrogens with two attached hydrogens (primary N) is 1. The van der Waals surface area contributed by atoms with Crippen LogP contribution in [0.4, 0.5) is 4.39 Å². The van der Waals surface area contributed by atoms with E-state index in [0.717, 1.165) is 5.39 Å². The van der Waals surface area contributed by atoms with Gasteiger partial charge in [-0.25, -0.2) is 9.37 Å². The van der Waals surface area contributed by atoms with Crippen molar-refractivity contribution < 1.29 is 4.39 Å². The molecule has 2 N–H and O–H groups in total. The molecule has 0 amide bonds. The van der Waals surface area contributed by atoms with Gasteiger partial charge in [0.25, 0.3) is 0 Å². The Morgan fingerprint density at radius 3 is 2.71 bits per heavy atom. The molecule has 14 heavy (non-hydrogen) atoms. The molecule has 0 radical (unpaired) electrons. The molecule has 1 aromatic heterocycles. The van der Waals surface area contributed by atoms with Crippen LogP contribution in [0, 0.1) is 5.82 Å². The molecular weight excluding hydrogens is 199 g/mol. The summed E-state index contributed by atoms with van der Waals surface area (Å²) in [6.07, 6.45) is 0. The van der Waals surface area contributed by atoms with Crippen molar-refractivity contribution in [1.29, 1.82) is 0 Å². The molecule has 2 nitrogen and oxygen atoms in total. The first-order valence-corrected chi connectivity index (χ1v) is 4.44. The Labute approximate surface area is 85.6 Å². The van der Waals surface area contributed by atoms with E-state index in [1.165, 1.54) is 12.1 Å². The molecular formula is C10H7FN2S. The Balaban J connectivity index is 2.69. The lowest BCUT2D eigenvalue weighted by Gasteiger charge is -2.00. The monoisotopic (exact) mass is 206 g/mol. The topological polar surface area (TPSA) is 38.9 Å². The van der Waals surface area contributed by atoms with E-state index in [2.05, 4.69) is 4.98 Å². The quantitative estimate of drug-likeness (QED) is 0.725. The highest BCUT2D eigenvalue weighted by atomic mass is 32.1. The van der Waals surface area contributed by atoms with Crippen molar-refractivity contribution >= 4 is 28.1 Å². The van der Waals surface area contributed by atoms with Gasteiger partial charge in [0.2, 0.25) is 0 Å². The van der Waals surface area contributed by atoms with Crippen molar-refractivity contribution in [2.24, 2.45) is 5.73 Å². The summed E-state index contributed by atoms with van der Waals surface area (Å²) in [6, 6.07) is 7.96. The molecule has 1 aromatic carbocycles. The van der Waals surface area contributed by atoms with E-state index < -0.39 is 0 Å². The summed E-state index contributed by atoms with van der Waals surface area (Å²) < 4.78 is 12.9. The van der Waals surface area contributed by atoms with Crippen molar-refractivity contribution in [3.8, 4) is 0 Å². The molecule has 4 heteroatoms. The van der Waals surface area contributed by atoms with E-state index in [-0.39, 0.29) is 10.8 Å². The number of nitrogens with zero attached hydrogens (tertiary/aromatic N) is 1. The van der Waals surface area contributed by atoms with Crippen LogP contribution < -0.4 is 5.73 Å². The first-order chi connectivity index (χ1) is 6.66. The van der Waals surface area contributed by atoms with E-state index >= 15 is 0 Å². The fourth-order valence-electron chi connectivity index (χ4n) is 1.23. The van der Waals surface area contributed by atoms with Crippen LogP contribution in [-0.4, -0.2) is 9.97 Å². The molecule has 1 heterocycles. The van der Waals surface area contributed by atoms with Gasteiger partial charge in [-0.05, 0) is 18.2 Å². The zero-order valence-electron chi connectivity index (χ0n) is 7.20. The maximum Gasteiger partial charge on any atom is 0.125 e. The van der Waals surface area contributed by atoms with Crippen LogP contribution >= 0.6 is 12.2 Å². The van der Waals surface area contributed by atoms with Gasteiger partial charge in [-0.2, -0.15) is 0 Å². The Kier molecular flexibility index (Phi) is 2.13. The minimum atomic E-state index is -0.315. The highest BCUT2D eigenvalue weighted by molar-refractivity contribution is 7.80. The highest BCUT2D eigenvalue weighted by Gasteiger charge is 2.01. The Hall–Kier alpha value is -1.55. The Bertz CT molecular complexity index is 510. The van der Waals surface area contributed by atoms with E-state index in [1.54, 1.807) is 12.1 Å². The number of rotatable bonds is 1. The summed E-state index contributed by atoms with van der Waals surface area (Å²) in [5.41, 5.74) is 6.50. The van der Waals surface area contributed by atoms with Crippen LogP contribution in [0.15, 0.2) is 30.3 Å². The van der Waals surface area contributed by atoms with Crippen LogP contribution in [0.3, 0.4) is 0 Å². The summed E-state index contributed by atoms with van der Waals surface area (Å²) in [7, 11) is 0. The predicted octanol–water partition coefficient (Wildman–Crippen LogP) is 2.01. The van der Waals surface area contributed by atoms with E-state index in [9.17, 15) is 4.39 Å². The zero-order valence-corrected chi connectivity index (χ0v) is 8.01. The number of thiocarbonyl (C=S) groups is 1. The lowest BCUT2D eigenvalue weighted by atomic mass is 10.2. The van der Waals surface area contributed by atoms with Gasteiger partial charge in [0.05, 0.1) is 11.2 Å². The SMILES string of the molecule is NC(=S)c1ccc2ccc(F)cc2n1. The third-order valence-electron chi connectivity index (χ3n) is 1.91. The smallest absolute Gasteiger partial charge is 0.125 e. The van der Waals surface area contributed by atoms with Crippen molar-refractivity contribution in [3.63, 3.8) is 0 Å². The third-order valence-corrected chi connectivity index (χ3v) is 2.12.